The van der Waals surface area contributed by atoms with Crippen molar-refractivity contribution in [3.05, 3.63) is 60.7 Å². The third kappa shape index (κ3) is 3.66. The number of rotatable bonds is 5. The zero-order valence-corrected chi connectivity index (χ0v) is 16.2. The molecule has 2 heterocycles. The van der Waals surface area contributed by atoms with Crippen molar-refractivity contribution in [2.75, 3.05) is 13.1 Å². The monoisotopic (exact) mass is 392 g/mol. The fourth-order valence-electron chi connectivity index (χ4n) is 3.15. The third-order valence-electron chi connectivity index (χ3n) is 4.55. The van der Waals surface area contributed by atoms with Gasteiger partial charge in [-0.1, -0.05) is 72.4 Å². The van der Waals surface area contributed by atoms with Gasteiger partial charge in [-0.05, 0) is 6.92 Å². The summed E-state index contributed by atoms with van der Waals surface area (Å²) >= 11 is 1.33. The summed E-state index contributed by atoms with van der Waals surface area (Å²) in [6.07, 6.45) is 0. The standard InChI is InChI=1S/C21H20N4O2S/c1-14(19(26)25-13-12-22-21(25)27)28-20-23-17(15-8-4-2-5-9-15)18(24-20)16-10-6-3-7-11-16/h2-11,14H,12-13H2,1H3,(H,22,27)(H,23,24)/t14-/m1/s1. The summed E-state index contributed by atoms with van der Waals surface area (Å²) in [5.41, 5.74) is 3.78. The summed E-state index contributed by atoms with van der Waals surface area (Å²) in [6.45, 7) is 2.70. The van der Waals surface area contributed by atoms with Crippen LogP contribution < -0.4 is 5.32 Å². The molecule has 1 aromatic heterocycles. The van der Waals surface area contributed by atoms with Crippen LogP contribution in [0.1, 0.15) is 6.92 Å². The highest BCUT2D eigenvalue weighted by atomic mass is 32.2. The number of hydrogen-bond acceptors (Lipinski definition) is 4. The Bertz CT molecular complexity index is 931. The van der Waals surface area contributed by atoms with Crippen LogP contribution in [0.25, 0.3) is 22.5 Å². The molecule has 0 saturated carbocycles. The van der Waals surface area contributed by atoms with Crippen LogP contribution in [0.15, 0.2) is 65.8 Å². The smallest absolute Gasteiger partial charge is 0.324 e. The molecular weight excluding hydrogens is 372 g/mol. The number of hydrogen-bond donors (Lipinski definition) is 2. The van der Waals surface area contributed by atoms with Crippen molar-refractivity contribution >= 4 is 23.7 Å². The quantitative estimate of drug-likeness (QED) is 0.648. The second-order valence-electron chi connectivity index (χ2n) is 6.48. The van der Waals surface area contributed by atoms with Crippen molar-refractivity contribution in [1.82, 2.24) is 20.2 Å². The Labute approximate surface area is 167 Å². The van der Waals surface area contributed by atoms with Gasteiger partial charge in [-0.15, -0.1) is 0 Å². The number of imidazole rings is 1. The Morgan fingerprint density at radius 2 is 1.71 bits per heavy atom. The summed E-state index contributed by atoms with van der Waals surface area (Å²) in [7, 11) is 0. The number of nitrogens with one attached hydrogen (secondary N) is 2. The van der Waals surface area contributed by atoms with E-state index in [0.29, 0.717) is 18.2 Å². The molecule has 1 aliphatic rings. The van der Waals surface area contributed by atoms with Crippen molar-refractivity contribution in [2.45, 2.75) is 17.3 Å². The van der Waals surface area contributed by atoms with Crippen molar-refractivity contribution < 1.29 is 9.59 Å². The summed E-state index contributed by atoms with van der Waals surface area (Å²) < 4.78 is 0. The maximum Gasteiger partial charge on any atom is 0.324 e. The first-order valence-corrected chi connectivity index (χ1v) is 9.98. The largest absolute Gasteiger partial charge is 0.336 e. The summed E-state index contributed by atoms with van der Waals surface area (Å²) in [6, 6.07) is 19.6. The Hall–Kier alpha value is -3.06. The Kier molecular flexibility index (Phi) is 5.16. The maximum absolute atomic E-state index is 12.6. The highest BCUT2D eigenvalue weighted by molar-refractivity contribution is 8.00. The second-order valence-corrected chi connectivity index (χ2v) is 7.81. The highest BCUT2D eigenvalue weighted by Gasteiger charge is 2.31. The number of carbonyl (C=O) groups is 2. The second kappa shape index (κ2) is 7.90. The van der Waals surface area contributed by atoms with Gasteiger partial charge in [0.05, 0.1) is 16.6 Å². The van der Waals surface area contributed by atoms with Crippen molar-refractivity contribution in [3.63, 3.8) is 0 Å². The van der Waals surface area contributed by atoms with Crippen LogP contribution in [0.2, 0.25) is 0 Å². The van der Waals surface area contributed by atoms with Gasteiger partial charge in [0, 0.05) is 24.2 Å². The van der Waals surface area contributed by atoms with E-state index in [1.54, 1.807) is 6.92 Å². The third-order valence-corrected chi connectivity index (χ3v) is 5.52. The number of imide groups is 1. The molecule has 2 N–H and O–H groups in total. The molecule has 1 aliphatic heterocycles. The molecule has 3 amide bonds. The van der Waals surface area contributed by atoms with Gasteiger partial charge in [-0.2, -0.15) is 0 Å². The Morgan fingerprint density at radius 1 is 1.07 bits per heavy atom. The number of thioether (sulfide) groups is 1. The highest BCUT2D eigenvalue weighted by Crippen LogP contribution is 2.34. The van der Waals surface area contributed by atoms with E-state index in [9.17, 15) is 9.59 Å². The van der Waals surface area contributed by atoms with Crippen LogP contribution in [0.3, 0.4) is 0 Å². The summed E-state index contributed by atoms with van der Waals surface area (Å²) in [5, 5.41) is 2.88. The van der Waals surface area contributed by atoms with Crippen molar-refractivity contribution in [2.24, 2.45) is 0 Å². The molecule has 6 nitrogen and oxygen atoms in total. The number of nitrogens with zero attached hydrogens (tertiary/aromatic N) is 2. The lowest BCUT2D eigenvalue weighted by Gasteiger charge is -2.16. The average Bonchev–Trinajstić information content (AvgIpc) is 3.35. The number of carbonyl (C=O) groups excluding carboxylic acids is 2. The van der Waals surface area contributed by atoms with Gasteiger partial charge in [0.25, 0.3) is 0 Å². The van der Waals surface area contributed by atoms with Gasteiger partial charge in [-0.3, -0.25) is 9.69 Å². The molecule has 3 aromatic rings. The molecule has 28 heavy (non-hydrogen) atoms. The molecule has 0 bridgehead atoms. The van der Waals surface area contributed by atoms with Crippen LogP contribution in [-0.4, -0.2) is 45.1 Å². The van der Waals surface area contributed by atoms with Crippen LogP contribution >= 0.6 is 11.8 Å². The molecule has 142 valence electrons. The Balaban J connectivity index is 1.64. The van der Waals surface area contributed by atoms with Gasteiger partial charge in [0.2, 0.25) is 5.91 Å². The van der Waals surface area contributed by atoms with Gasteiger partial charge in [-0.25, -0.2) is 9.78 Å². The Morgan fingerprint density at radius 3 is 2.32 bits per heavy atom. The van der Waals surface area contributed by atoms with Gasteiger partial charge in [0.1, 0.15) is 0 Å². The lowest BCUT2D eigenvalue weighted by Crippen LogP contribution is -2.38. The molecule has 0 unspecified atom stereocenters. The molecule has 2 aromatic carbocycles. The molecule has 0 spiro atoms. The van der Waals surface area contributed by atoms with Crippen molar-refractivity contribution in [3.8, 4) is 22.5 Å². The van der Waals surface area contributed by atoms with E-state index in [2.05, 4.69) is 10.3 Å². The molecular formula is C21H20N4O2S. The van der Waals surface area contributed by atoms with E-state index < -0.39 is 5.25 Å². The number of urea groups is 1. The summed E-state index contributed by atoms with van der Waals surface area (Å²) in [5.74, 6) is -0.209. The fraction of sp³-hybridized carbons (Fsp3) is 0.190. The molecule has 1 fully saturated rings. The molecule has 0 aliphatic carbocycles. The van der Waals surface area contributed by atoms with E-state index in [1.165, 1.54) is 16.7 Å². The van der Waals surface area contributed by atoms with Crippen molar-refractivity contribution in [1.29, 1.82) is 0 Å². The minimum absolute atomic E-state index is 0.209. The predicted molar refractivity (Wildman–Crippen MR) is 110 cm³/mol. The van der Waals surface area contributed by atoms with E-state index in [1.807, 2.05) is 60.7 Å². The first-order valence-electron chi connectivity index (χ1n) is 9.10. The maximum atomic E-state index is 12.6. The molecule has 1 atom stereocenters. The van der Waals surface area contributed by atoms with Crippen LogP contribution in [0, 0.1) is 0 Å². The fourth-order valence-corrected chi connectivity index (χ4v) is 4.01. The first kappa shape index (κ1) is 18.3. The summed E-state index contributed by atoms with van der Waals surface area (Å²) in [4.78, 5) is 33.7. The van der Waals surface area contributed by atoms with E-state index in [-0.39, 0.29) is 11.9 Å². The lowest BCUT2D eigenvalue weighted by atomic mass is 10.1. The SMILES string of the molecule is C[C@@H](Sc1nc(-c2ccccc2)c(-c2ccccc2)[nH]1)C(=O)N1CCNC1=O. The number of aromatic amines is 1. The number of H-pyrrole nitrogens is 1. The minimum Gasteiger partial charge on any atom is -0.336 e. The van der Waals surface area contributed by atoms with Gasteiger partial charge in [0.15, 0.2) is 5.16 Å². The molecule has 4 rings (SSSR count). The number of aromatic nitrogens is 2. The molecule has 1 saturated heterocycles. The molecule has 7 heteroatoms. The van der Waals surface area contributed by atoms with E-state index in [4.69, 9.17) is 4.98 Å². The zero-order valence-electron chi connectivity index (χ0n) is 15.4. The zero-order chi connectivity index (χ0) is 19.5. The average molecular weight is 392 g/mol. The topological polar surface area (TPSA) is 78.1 Å². The van der Waals surface area contributed by atoms with Gasteiger partial charge >= 0.3 is 6.03 Å². The van der Waals surface area contributed by atoms with E-state index >= 15 is 0 Å². The normalized spacial score (nSPS) is 14.8. The lowest BCUT2D eigenvalue weighted by molar-refractivity contribution is -0.126. The first-order chi connectivity index (χ1) is 13.6. The van der Waals surface area contributed by atoms with Crippen LogP contribution in [0.4, 0.5) is 4.79 Å². The molecule has 0 radical (unpaired) electrons. The minimum atomic E-state index is -0.428. The van der Waals surface area contributed by atoms with Gasteiger partial charge < -0.3 is 10.3 Å². The number of benzene rings is 2. The number of amides is 3. The van der Waals surface area contributed by atoms with E-state index in [0.717, 1.165) is 22.5 Å². The van der Waals surface area contributed by atoms with Crippen LogP contribution in [-0.2, 0) is 4.79 Å². The van der Waals surface area contributed by atoms with Crippen LogP contribution in [0.5, 0.6) is 0 Å². The predicted octanol–water partition coefficient (Wildman–Crippen LogP) is 3.78.